The molecule has 0 aliphatic heterocycles. The Kier molecular flexibility index (Phi) is 36.6. The van der Waals surface area contributed by atoms with Gasteiger partial charge in [-0.05, 0) is 12.8 Å². The first-order valence-electron chi connectivity index (χ1n) is 21.2. The van der Waals surface area contributed by atoms with Gasteiger partial charge >= 0.3 is 52.7 Å². The van der Waals surface area contributed by atoms with Crippen LogP contribution in [0.15, 0.2) is 61.2 Å². The molecule has 0 radical (unpaired) electrons. The Balaban J connectivity index is 0.000000833. The van der Waals surface area contributed by atoms with Gasteiger partial charge in [0.1, 0.15) is 13.1 Å². The van der Waals surface area contributed by atoms with Crippen LogP contribution in [0.2, 0.25) is 0 Å². The predicted octanol–water partition coefficient (Wildman–Crippen LogP) is 10.4. The van der Waals surface area contributed by atoms with Crippen molar-refractivity contribution in [3.05, 3.63) is 61.2 Å². The number of unbranched alkanes of at least 4 members (excludes halogenated alkanes) is 26. The number of nitrogens with zero attached hydrogens (tertiary/aromatic N) is 2. The van der Waals surface area contributed by atoms with Gasteiger partial charge in [-0.15, -0.1) is 0 Å². The Morgan fingerprint density at radius 2 is 0.679 bits per heavy atom. The first kappa shape index (κ1) is 51.7. The number of aryl methyl sites for hydroxylation is 2. The molecular weight excluding hydrogens is 859 g/mol. The maximum absolute atomic E-state index is 9.53. The molecule has 2 aromatic heterocycles. The van der Waals surface area contributed by atoms with E-state index in [9.17, 15) is 21.1 Å². The molecule has 53 heavy (non-hydrogen) atoms. The minimum absolute atomic E-state index is 1.18. The Hall–Kier alpha value is -1.34. The van der Waals surface area contributed by atoms with Crippen LogP contribution >= 0.6 is 7.82 Å². The molecule has 0 aliphatic rings. The third-order valence-corrected chi connectivity index (χ3v) is 13.6. The molecule has 0 aromatic carbocycles. The van der Waals surface area contributed by atoms with Gasteiger partial charge in [0.15, 0.2) is 24.8 Å². The Labute approximate surface area is 328 Å². The molecule has 0 spiro atoms. The number of aromatic nitrogens is 2. The van der Waals surface area contributed by atoms with Gasteiger partial charge in [-0.3, -0.25) is 0 Å². The number of pyridine rings is 2. The summed E-state index contributed by atoms with van der Waals surface area (Å²) in [6.07, 6.45) is 48.8. The SMILES string of the molecule is CCCCCCCCCCCCCCCC[n+]1ccccc1.CCCCCCCCCCCCCCCC[n+]1ccccc1.O=P([O-])([O-])[O][W](=[O])(=[O])[OH]. The summed E-state index contributed by atoms with van der Waals surface area (Å²) in [5.41, 5.74) is 0. The van der Waals surface area contributed by atoms with Crippen molar-refractivity contribution in [2.24, 2.45) is 0 Å². The van der Waals surface area contributed by atoms with E-state index in [0.717, 1.165) is 0 Å². The molecule has 2 aromatic rings. The van der Waals surface area contributed by atoms with E-state index in [2.05, 4.69) is 87.3 Å². The number of rotatable bonds is 32. The molecule has 2 heterocycles. The van der Waals surface area contributed by atoms with E-state index in [-0.39, 0.29) is 0 Å². The number of hydrogen-bond acceptors (Lipinski definition) is 6. The van der Waals surface area contributed by atoms with Crippen LogP contribution in [0.1, 0.15) is 194 Å². The second-order valence-corrected chi connectivity index (χ2v) is 20.1. The van der Waals surface area contributed by atoms with Crippen LogP contribution in [-0.4, -0.2) is 3.76 Å². The van der Waals surface area contributed by atoms with E-state index in [4.69, 9.17) is 3.76 Å². The van der Waals surface area contributed by atoms with Crippen LogP contribution in [0.25, 0.3) is 0 Å². The van der Waals surface area contributed by atoms with Gasteiger partial charge in [0.25, 0.3) is 0 Å². The summed E-state index contributed by atoms with van der Waals surface area (Å²) in [6.45, 7) is 6.94. The third kappa shape index (κ3) is 43.3. The fourth-order valence-corrected chi connectivity index (χ4v) is 8.98. The van der Waals surface area contributed by atoms with Crippen molar-refractivity contribution in [2.45, 2.75) is 207 Å². The predicted molar refractivity (Wildman–Crippen MR) is 206 cm³/mol. The zero-order valence-corrected chi connectivity index (χ0v) is 37.5. The summed E-state index contributed by atoms with van der Waals surface area (Å²) in [4.78, 5) is 18.8. The molecule has 0 unspecified atom stereocenters. The van der Waals surface area contributed by atoms with Crippen molar-refractivity contribution in [3.8, 4) is 0 Å². The van der Waals surface area contributed by atoms with Gasteiger partial charge < -0.3 is 0 Å². The second-order valence-electron chi connectivity index (χ2n) is 14.4. The summed E-state index contributed by atoms with van der Waals surface area (Å²) >= 11 is -6.32. The Bertz CT molecular complexity index is 1120. The molecule has 308 valence electrons. The minimum atomic E-state index is -6.32. The molecule has 0 atom stereocenters. The van der Waals surface area contributed by atoms with E-state index < -0.39 is 24.6 Å². The van der Waals surface area contributed by atoms with Crippen molar-refractivity contribution in [1.82, 2.24) is 0 Å². The van der Waals surface area contributed by atoms with Gasteiger partial charge in [-0.25, -0.2) is 9.13 Å². The van der Waals surface area contributed by atoms with Gasteiger partial charge in [0.2, 0.25) is 0 Å². The van der Waals surface area contributed by atoms with Crippen LogP contribution < -0.4 is 18.9 Å². The van der Waals surface area contributed by atoms with Crippen LogP contribution in [0, 0.1) is 0 Å². The molecule has 0 fully saturated rings. The van der Waals surface area contributed by atoms with Crippen LogP contribution in [-0.2, 0) is 44.4 Å². The van der Waals surface area contributed by atoms with Crippen molar-refractivity contribution < 1.29 is 54.0 Å². The molecule has 9 nitrogen and oxygen atoms in total. The van der Waals surface area contributed by atoms with Crippen molar-refractivity contribution in [1.29, 1.82) is 0 Å². The number of hydrogen-bond donors (Lipinski definition) is 1. The third-order valence-electron chi connectivity index (χ3n) is 9.28. The average Bonchev–Trinajstić information content (AvgIpc) is 3.12. The maximum atomic E-state index is 9.53. The first-order valence-corrected chi connectivity index (χ1v) is 27.5. The molecule has 2 rings (SSSR count). The normalized spacial score (nSPS) is 11.4. The van der Waals surface area contributed by atoms with Crippen molar-refractivity contribution >= 4 is 7.82 Å². The molecule has 0 bridgehead atoms. The summed E-state index contributed by atoms with van der Waals surface area (Å²) in [7, 11) is -5.57. The van der Waals surface area contributed by atoms with Gasteiger partial charge in [-0.2, -0.15) is 0 Å². The zero-order valence-electron chi connectivity index (χ0n) is 33.6. The van der Waals surface area contributed by atoms with Crippen molar-refractivity contribution in [2.75, 3.05) is 0 Å². The number of phosphoric acid groups is 1. The quantitative estimate of drug-likeness (QED) is 0.0438. The summed E-state index contributed by atoms with van der Waals surface area (Å²) in [5, 5.41) is 0. The standard InChI is InChI=1S/2C21H38N.H3O4P.H2O.2O.W/c2*1-2-3-4-5-6-7-8-9-10-11-12-13-14-16-19-22-20-17-15-18-21-22;1-5(2,3)4;;;;/h2*15,17-18,20-21H,2-14,16,19H2,1H3;(H3,1,2,3,4);1H2;;;/q2*+1;;;;;+2/p-4. The summed E-state index contributed by atoms with van der Waals surface area (Å²) < 4.78 is 43.4. The average molecular weight is 937 g/mol. The molecule has 0 aliphatic carbocycles. The first-order chi connectivity index (χ1) is 25.6. The fourth-order valence-electron chi connectivity index (χ4n) is 6.26. The topological polar surface area (TPSA) is 135 Å². The summed E-state index contributed by atoms with van der Waals surface area (Å²) in [5.74, 6) is 0. The van der Waals surface area contributed by atoms with Gasteiger partial charge in [-0.1, -0.05) is 180 Å². The van der Waals surface area contributed by atoms with E-state index in [1.165, 1.54) is 193 Å². The van der Waals surface area contributed by atoms with Crippen LogP contribution in [0.5, 0.6) is 0 Å². The Morgan fingerprint density at radius 1 is 0.453 bits per heavy atom. The van der Waals surface area contributed by atoms with Crippen LogP contribution in [0.3, 0.4) is 0 Å². The second kappa shape index (κ2) is 37.6. The van der Waals surface area contributed by atoms with E-state index in [0.29, 0.717) is 0 Å². The molecule has 1 N–H and O–H groups in total. The van der Waals surface area contributed by atoms with Gasteiger partial charge in [0.05, 0.1) is 0 Å². The fraction of sp³-hybridized carbons (Fsp3) is 0.762. The van der Waals surface area contributed by atoms with Gasteiger partial charge in [0, 0.05) is 37.1 Å². The molecule has 0 saturated carbocycles. The van der Waals surface area contributed by atoms with E-state index in [1.54, 1.807) is 0 Å². The molecule has 0 amide bonds. The van der Waals surface area contributed by atoms with Crippen LogP contribution in [0.4, 0.5) is 0 Å². The van der Waals surface area contributed by atoms with E-state index >= 15 is 0 Å². The molecule has 0 saturated heterocycles. The summed E-state index contributed by atoms with van der Waals surface area (Å²) in [6, 6.07) is 12.6. The van der Waals surface area contributed by atoms with Crippen molar-refractivity contribution in [3.63, 3.8) is 0 Å². The molecular formula is C42H77N2O7PW. The monoisotopic (exact) mass is 936 g/mol. The Morgan fingerprint density at radius 3 is 0.868 bits per heavy atom. The van der Waals surface area contributed by atoms with E-state index in [1.807, 2.05) is 0 Å². The zero-order chi connectivity index (χ0) is 39.1. The molecule has 11 heteroatoms.